The van der Waals surface area contributed by atoms with Crippen LogP contribution in [-0.2, 0) is 10.8 Å². The molecule has 10 aromatic carbocycles. The van der Waals surface area contributed by atoms with Crippen LogP contribution in [0.2, 0.25) is 0 Å². The van der Waals surface area contributed by atoms with Crippen molar-refractivity contribution in [1.29, 1.82) is 0 Å². The van der Waals surface area contributed by atoms with E-state index < -0.39 is 0 Å². The standard InChI is InChI=1S/C62H52N2/c1-61(2,3)58-50-29-19-20-30-51(50)59(62(4,5)6)54-39-48(34-36-52(54)58)64-56-38-44-32-31-43-37-47(63(45-25-15-9-16-26-45)46-27-17-10-18-28-46)33-35-49(43)53(44)40-55(56)57(41-21-11-7-12-22-41)60(64)42-23-13-8-14-24-42/h7-40H,1-6H3. The first-order valence-electron chi connectivity index (χ1n) is 22.6. The Morgan fingerprint density at radius 1 is 0.344 bits per heavy atom. The van der Waals surface area contributed by atoms with Crippen molar-refractivity contribution in [2.24, 2.45) is 0 Å². The number of aromatic nitrogens is 1. The van der Waals surface area contributed by atoms with Gasteiger partial charge in [0.15, 0.2) is 0 Å². The van der Waals surface area contributed by atoms with Gasteiger partial charge in [0.1, 0.15) is 0 Å². The Morgan fingerprint density at radius 3 is 1.41 bits per heavy atom. The van der Waals surface area contributed by atoms with E-state index in [1.807, 2.05) is 0 Å². The number of nitrogens with zero attached hydrogens (tertiary/aromatic N) is 2. The molecule has 0 aliphatic rings. The van der Waals surface area contributed by atoms with E-state index in [2.05, 4.69) is 257 Å². The van der Waals surface area contributed by atoms with Crippen molar-refractivity contribution in [3.05, 3.63) is 217 Å². The summed E-state index contributed by atoms with van der Waals surface area (Å²) in [5.41, 5.74) is 13.2. The zero-order valence-corrected chi connectivity index (χ0v) is 37.5. The molecule has 0 atom stereocenters. The van der Waals surface area contributed by atoms with Crippen molar-refractivity contribution < 1.29 is 0 Å². The van der Waals surface area contributed by atoms with E-state index in [9.17, 15) is 0 Å². The zero-order valence-electron chi connectivity index (χ0n) is 37.5. The molecule has 1 heterocycles. The second kappa shape index (κ2) is 15.1. The Morgan fingerprint density at radius 2 is 0.828 bits per heavy atom. The van der Waals surface area contributed by atoms with Gasteiger partial charge in [-0.15, -0.1) is 0 Å². The summed E-state index contributed by atoms with van der Waals surface area (Å²) in [5, 5.41) is 11.5. The molecule has 0 radical (unpaired) electrons. The van der Waals surface area contributed by atoms with Gasteiger partial charge in [-0.1, -0.05) is 187 Å². The van der Waals surface area contributed by atoms with Crippen LogP contribution in [0.3, 0.4) is 0 Å². The number of hydrogen-bond donors (Lipinski definition) is 0. The summed E-state index contributed by atoms with van der Waals surface area (Å²) >= 11 is 0. The molecule has 0 spiro atoms. The summed E-state index contributed by atoms with van der Waals surface area (Å²) in [6.45, 7) is 14.2. The van der Waals surface area contributed by atoms with Crippen molar-refractivity contribution in [3.63, 3.8) is 0 Å². The summed E-state index contributed by atoms with van der Waals surface area (Å²) in [4.78, 5) is 2.34. The number of rotatable bonds is 6. The monoisotopic (exact) mass is 824 g/mol. The van der Waals surface area contributed by atoms with E-state index in [1.165, 1.54) is 87.5 Å². The SMILES string of the molecule is CC(C)(C)c1c2ccccc2c(C(C)(C)C)c2cc(-n3c(-c4ccccc4)c(-c4ccccc4)c4cc5c(ccc6cc(N(c7ccccc7)c7ccccc7)ccc65)cc43)ccc12. The van der Waals surface area contributed by atoms with Gasteiger partial charge in [0.25, 0.3) is 0 Å². The normalized spacial score (nSPS) is 12.2. The van der Waals surface area contributed by atoms with Gasteiger partial charge in [0.05, 0.1) is 11.2 Å². The lowest BCUT2D eigenvalue weighted by Crippen LogP contribution is -2.17. The molecular weight excluding hydrogens is 773 g/mol. The molecule has 0 saturated heterocycles. The van der Waals surface area contributed by atoms with E-state index in [1.54, 1.807) is 0 Å². The topological polar surface area (TPSA) is 8.17 Å². The predicted molar refractivity (Wildman–Crippen MR) is 276 cm³/mol. The number of para-hydroxylation sites is 2. The second-order valence-electron chi connectivity index (χ2n) is 19.4. The Balaban J connectivity index is 1.22. The van der Waals surface area contributed by atoms with Crippen molar-refractivity contribution in [2.75, 3.05) is 4.90 Å². The van der Waals surface area contributed by atoms with Gasteiger partial charge in [0, 0.05) is 33.7 Å². The highest BCUT2D eigenvalue weighted by Crippen LogP contribution is 2.48. The van der Waals surface area contributed by atoms with Gasteiger partial charge < -0.3 is 9.47 Å². The minimum atomic E-state index is -0.0978. The lowest BCUT2D eigenvalue weighted by atomic mass is 9.74. The van der Waals surface area contributed by atoms with Crippen LogP contribution in [0, 0.1) is 0 Å². The first-order valence-corrected chi connectivity index (χ1v) is 22.6. The lowest BCUT2D eigenvalue weighted by Gasteiger charge is -2.30. The molecule has 0 N–H and O–H groups in total. The molecule has 2 heteroatoms. The molecule has 0 saturated carbocycles. The number of hydrogen-bond acceptors (Lipinski definition) is 1. The molecule has 0 bridgehead atoms. The van der Waals surface area contributed by atoms with Crippen LogP contribution >= 0.6 is 0 Å². The van der Waals surface area contributed by atoms with Crippen LogP contribution in [0.25, 0.3) is 82.1 Å². The summed E-state index contributed by atoms with van der Waals surface area (Å²) in [6, 6.07) is 76.1. The summed E-state index contributed by atoms with van der Waals surface area (Å²) in [6.07, 6.45) is 0. The molecule has 11 aromatic rings. The van der Waals surface area contributed by atoms with Crippen LogP contribution in [-0.4, -0.2) is 4.57 Å². The maximum Gasteiger partial charge on any atom is 0.0619 e. The minimum absolute atomic E-state index is 0.0601. The fraction of sp³-hybridized carbons (Fsp3) is 0.129. The summed E-state index contributed by atoms with van der Waals surface area (Å²) < 4.78 is 2.55. The fourth-order valence-corrected chi connectivity index (χ4v) is 10.5. The fourth-order valence-electron chi connectivity index (χ4n) is 10.5. The van der Waals surface area contributed by atoms with Gasteiger partial charge in [-0.25, -0.2) is 0 Å². The Hall–Kier alpha value is -7.42. The van der Waals surface area contributed by atoms with E-state index in [0.29, 0.717) is 0 Å². The van der Waals surface area contributed by atoms with E-state index >= 15 is 0 Å². The van der Waals surface area contributed by atoms with Crippen molar-refractivity contribution in [2.45, 2.75) is 52.4 Å². The molecule has 0 aliphatic heterocycles. The third kappa shape index (κ3) is 6.56. The van der Waals surface area contributed by atoms with E-state index in [-0.39, 0.29) is 10.8 Å². The molecular formula is C62H52N2. The Kier molecular flexibility index (Phi) is 9.33. The van der Waals surface area contributed by atoms with Gasteiger partial charge in [-0.3, -0.25) is 0 Å². The molecule has 1 aromatic heterocycles. The van der Waals surface area contributed by atoms with Gasteiger partial charge in [-0.05, 0) is 137 Å². The van der Waals surface area contributed by atoms with Crippen LogP contribution in [0.5, 0.6) is 0 Å². The Labute approximate surface area is 376 Å². The highest BCUT2D eigenvalue weighted by atomic mass is 15.1. The second-order valence-corrected chi connectivity index (χ2v) is 19.4. The quantitative estimate of drug-likeness (QED) is 0.120. The van der Waals surface area contributed by atoms with E-state index in [0.717, 1.165) is 22.7 Å². The highest BCUT2D eigenvalue weighted by molar-refractivity contribution is 6.17. The van der Waals surface area contributed by atoms with Crippen LogP contribution in [0.4, 0.5) is 17.1 Å². The van der Waals surface area contributed by atoms with Crippen molar-refractivity contribution in [1.82, 2.24) is 4.57 Å². The van der Waals surface area contributed by atoms with Crippen LogP contribution in [0.15, 0.2) is 206 Å². The molecule has 310 valence electrons. The molecule has 64 heavy (non-hydrogen) atoms. The lowest BCUT2D eigenvalue weighted by molar-refractivity contribution is 0.593. The zero-order chi connectivity index (χ0) is 43.7. The molecule has 2 nitrogen and oxygen atoms in total. The first kappa shape index (κ1) is 39.4. The smallest absolute Gasteiger partial charge is 0.0619 e. The van der Waals surface area contributed by atoms with E-state index in [4.69, 9.17) is 0 Å². The summed E-state index contributed by atoms with van der Waals surface area (Å²) in [5.74, 6) is 0. The van der Waals surface area contributed by atoms with Crippen molar-refractivity contribution in [3.8, 4) is 28.1 Å². The van der Waals surface area contributed by atoms with Gasteiger partial charge >= 0.3 is 0 Å². The summed E-state index contributed by atoms with van der Waals surface area (Å²) in [7, 11) is 0. The molecule has 0 fully saturated rings. The molecule has 0 unspecified atom stereocenters. The maximum atomic E-state index is 2.55. The largest absolute Gasteiger partial charge is 0.310 e. The third-order valence-electron chi connectivity index (χ3n) is 13.1. The number of benzene rings is 10. The van der Waals surface area contributed by atoms with Gasteiger partial charge in [0.2, 0.25) is 0 Å². The number of anilines is 3. The molecule has 11 rings (SSSR count). The minimum Gasteiger partial charge on any atom is -0.310 e. The van der Waals surface area contributed by atoms with Gasteiger partial charge in [-0.2, -0.15) is 0 Å². The third-order valence-corrected chi connectivity index (χ3v) is 13.1. The molecule has 0 amide bonds. The van der Waals surface area contributed by atoms with Crippen LogP contribution < -0.4 is 4.90 Å². The molecule has 0 aliphatic carbocycles. The Bertz CT molecular complexity index is 3490. The maximum absolute atomic E-state index is 2.55. The average Bonchev–Trinajstić information content (AvgIpc) is 3.64. The highest BCUT2D eigenvalue weighted by Gasteiger charge is 2.29. The average molecular weight is 825 g/mol. The van der Waals surface area contributed by atoms with Crippen molar-refractivity contribution >= 4 is 71.1 Å². The van der Waals surface area contributed by atoms with Crippen LogP contribution in [0.1, 0.15) is 52.7 Å². The predicted octanol–water partition coefficient (Wildman–Crippen LogP) is 17.6. The first-order chi connectivity index (χ1) is 31.0. The number of fused-ring (bicyclic) bond motifs is 6.